The number of rotatable bonds is 4. The molecular formula is C15H12F3NO4. The van der Waals surface area contributed by atoms with Crippen molar-refractivity contribution in [2.75, 3.05) is 0 Å². The molecule has 1 atom stereocenters. The van der Waals surface area contributed by atoms with Crippen LogP contribution >= 0.6 is 0 Å². The molecule has 8 heteroatoms. The van der Waals surface area contributed by atoms with E-state index < -0.39 is 22.8 Å². The van der Waals surface area contributed by atoms with E-state index in [9.17, 15) is 28.4 Å². The lowest BCUT2D eigenvalue weighted by Gasteiger charge is -2.11. The van der Waals surface area contributed by atoms with Crippen molar-refractivity contribution in [3.05, 3.63) is 63.7 Å². The Balaban J connectivity index is 2.34. The van der Waals surface area contributed by atoms with E-state index >= 15 is 0 Å². The SMILES string of the molecule is CC(O)c1ccc([N+](=O)[O-])c(Oc2ccc(C(F)(F)F)cc2)c1. The molecule has 0 saturated carbocycles. The number of hydrogen-bond donors (Lipinski definition) is 1. The first-order valence-corrected chi connectivity index (χ1v) is 6.50. The molecule has 2 aromatic rings. The summed E-state index contributed by atoms with van der Waals surface area (Å²) in [5.74, 6) is -0.142. The Morgan fingerprint density at radius 1 is 1.17 bits per heavy atom. The first-order valence-electron chi connectivity index (χ1n) is 6.50. The van der Waals surface area contributed by atoms with E-state index in [1.54, 1.807) is 0 Å². The van der Waals surface area contributed by atoms with Crippen LogP contribution in [0.3, 0.4) is 0 Å². The Kier molecular flexibility index (Phi) is 4.55. The minimum atomic E-state index is -4.48. The molecule has 0 aliphatic heterocycles. The van der Waals surface area contributed by atoms with Crippen LogP contribution in [0.15, 0.2) is 42.5 Å². The molecule has 0 spiro atoms. The van der Waals surface area contributed by atoms with Crippen molar-refractivity contribution >= 4 is 5.69 Å². The molecule has 0 amide bonds. The number of alkyl halides is 3. The molecule has 0 bridgehead atoms. The number of ether oxygens (including phenoxy) is 1. The number of nitro groups is 1. The highest BCUT2D eigenvalue weighted by Gasteiger charge is 2.30. The van der Waals surface area contributed by atoms with Crippen molar-refractivity contribution in [1.82, 2.24) is 0 Å². The van der Waals surface area contributed by atoms with Crippen LogP contribution in [0.4, 0.5) is 18.9 Å². The Morgan fingerprint density at radius 3 is 2.26 bits per heavy atom. The van der Waals surface area contributed by atoms with Gasteiger partial charge in [0.1, 0.15) is 5.75 Å². The van der Waals surface area contributed by atoms with E-state index in [-0.39, 0.29) is 17.2 Å². The van der Waals surface area contributed by atoms with Crippen LogP contribution in [0, 0.1) is 10.1 Å². The molecule has 122 valence electrons. The number of nitro benzene ring substituents is 1. The number of aliphatic hydroxyl groups is 1. The second kappa shape index (κ2) is 6.25. The lowest BCUT2D eigenvalue weighted by molar-refractivity contribution is -0.385. The Bertz CT molecular complexity index is 712. The van der Waals surface area contributed by atoms with Crippen molar-refractivity contribution in [2.45, 2.75) is 19.2 Å². The number of halogens is 3. The van der Waals surface area contributed by atoms with Crippen molar-refractivity contribution in [3.63, 3.8) is 0 Å². The fourth-order valence-corrected chi connectivity index (χ4v) is 1.86. The van der Waals surface area contributed by atoms with Crippen molar-refractivity contribution < 1.29 is 27.9 Å². The van der Waals surface area contributed by atoms with Crippen LogP contribution in [-0.2, 0) is 6.18 Å². The van der Waals surface area contributed by atoms with Crippen LogP contribution in [0.5, 0.6) is 11.5 Å². The molecule has 5 nitrogen and oxygen atoms in total. The second-order valence-electron chi connectivity index (χ2n) is 4.78. The van der Waals surface area contributed by atoms with Crippen molar-refractivity contribution in [1.29, 1.82) is 0 Å². The first-order chi connectivity index (χ1) is 10.7. The standard InChI is InChI=1S/C15H12F3NO4/c1-9(20)10-2-7-13(19(21)22)14(8-10)23-12-5-3-11(4-6-12)15(16,17)18/h2-9,20H,1H3. The fourth-order valence-electron chi connectivity index (χ4n) is 1.86. The topological polar surface area (TPSA) is 72.6 Å². The van der Waals surface area contributed by atoms with Crippen LogP contribution in [-0.4, -0.2) is 10.0 Å². The van der Waals surface area contributed by atoms with Crippen LogP contribution in [0.25, 0.3) is 0 Å². The zero-order valence-electron chi connectivity index (χ0n) is 11.9. The van der Waals surface area contributed by atoms with Gasteiger partial charge in [-0.3, -0.25) is 10.1 Å². The molecule has 0 fully saturated rings. The molecule has 1 N–H and O–H groups in total. The largest absolute Gasteiger partial charge is 0.450 e. The predicted molar refractivity (Wildman–Crippen MR) is 75.2 cm³/mol. The number of benzene rings is 2. The van der Waals surface area contributed by atoms with E-state index in [2.05, 4.69) is 0 Å². The molecule has 0 aliphatic rings. The van der Waals surface area contributed by atoms with E-state index in [1.165, 1.54) is 25.1 Å². The van der Waals surface area contributed by atoms with Crippen LogP contribution in [0.1, 0.15) is 24.2 Å². The summed E-state index contributed by atoms with van der Waals surface area (Å²) in [7, 11) is 0. The van der Waals surface area contributed by atoms with Crippen LogP contribution < -0.4 is 4.74 Å². The minimum absolute atomic E-state index is 0.0174. The minimum Gasteiger partial charge on any atom is -0.450 e. The Labute approximate surface area is 129 Å². The highest BCUT2D eigenvalue weighted by Crippen LogP contribution is 2.35. The summed E-state index contributed by atoms with van der Waals surface area (Å²) in [5.41, 5.74) is -0.816. The zero-order chi connectivity index (χ0) is 17.2. The third-order valence-corrected chi connectivity index (χ3v) is 3.07. The van der Waals surface area contributed by atoms with Gasteiger partial charge in [-0.2, -0.15) is 13.2 Å². The molecule has 0 aromatic heterocycles. The number of aliphatic hydroxyl groups excluding tert-OH is 1. The molecule has 0 aliphatic carbocycles. The molecule has 0 saturated heterocycles. The van der Waals surface area contributed by atoms with E-state index in [4.69, 9.17) is 4.74 Å². The van der Waals surface area contributed by atoms with Crippen molar-refractivity contribution in [2.24, 2.45) is 0 Å². The van der Waals surface area contributed by atoms with E-state index in [0.29, 0.717) is 5.56 Å². The van der Waals surface area contributed by atoms with Gasteiger partial charge in [-0.1, -0.05) is 0 Å². The smallest absolute Gasteiger partial charge is 0.416 e. The number of hydrogen-bond acceptors (Lipinski definition) is 4. The van der Waals surface area contributed by atoms with Gasteiger partial charge in [-0.15, -0.1) is 0 Å². The summed E-state index contributed by atoms with van der Waals surface area (Å²) in [5, 5.41) is 20.5. The summed E-state index contributed by atoms with van der Waals surface area (Å²) < 4.78 is 42.8. The molecule has 0 heterocycles. The predicted octanol–water partition coefficient (Wildman–Crippen LogP) is 4.46. The van der Waals surface area contributed by atoms with Gasteiger partial charge in [0.25, 0.3) is 0 Å². The first kappa shape index (κ1) is 16.8. The summed E-state index contributed by atoms with van der Waals surface area (Å²) >= 11 is 0. The maximum absolute atomic E-state index is 12.5. The average molecular weight is 327 g/mol. The normalized spacial score (nSPS) is 12.7. The molecule has 1 unspecified atom stereocenters. The van der Waals surface area contributed by atoms with Gasteiger partial charge in [0, 0.05) is 6.07 Å². The highest BCUT2D eigenvalue weighted by molar-refractivity contribution is 5.51. The van der Waals surface area contributed by atoms with E-state index in [1.807, 2.05) is 0 Å². The third-order valence-electron chi connectivity index (χ3n) is 3.07. The fraction of sp³-hybridized carbons (Fsp3) is 0.200. The third kappa shape index (κ3) is 3.98. The maximum atomic E-state index is 12.5. The van der Waals surface area contributed by atoms with Gasteiger partial charge >= 0.3 is 11.9 Å². The summed E-state index contributed by atoms with van der Waals surface area (Å²) in [4.78, 5) is 10.3. The zero-order valence-corrected chi connectivity index (χ0v) is 11.9. The van der Waals surface area contributed by atoms with Gasteiger partial charge < -0.3 is 9.84 Å². The van der Waals surface area contributed by atoms with Gasteiger partial charge in [-0.05, 0) is 48.9 Å². The van der Waals surface area contributed by atoms with Gasteiger partial charge in [0.05, 0.1) is 16.6 Å². The number of nitrogens with zero attached hydrogens (tertiary/aromatic N) is 1. The molecule has 2 rings (SSSR count). The molecule has 2 aromatic carbocycles. The lowest BCUT2D eigenvalue weighted by Crippen LogP contribution is -2.04. The summed E-state index contributed by atoms with van der Waals surface area (Å²) in [6.45, 7) is 1.48. The summed E-state index contributed by atoms with van der Waals surface area (Å²) in [6, 6.07) is 7.60. The Morgan fingerprint density at radius 2 is 1.78 bits per heavy atom. The molecule has 23 heavy (non-hydrogen) atoms. The summed E-state index contributed by atoms with van der Waals surface area (Å²) in [6.07, 6.45) is -5.35. The molecular weight excluding hydrogens is 315 g/mol. The van der Waals surface area contributed by atoms with E-state index in [0.717, 1.165) is 24.3 Å². The van der Waals surface area contributed by atoms with Gasteiger partial charge in [0.2, 0.25) is 5.75 Å². The van der Waals surface area contributed by atoms with Gasteiger partial charge in [-0.25, -0.2) is 0 Å². The monoisotopic (exact) mass is 327 g/mol. The highest BCUT2D eigenvalue weighted by atomic mass is 19.4. The average Bonchev–Trinajstić information content (AvgIpc) is 2.46. The maximum Gasteiger partial charge on any atom is 0.416 e. The van der Waals surface area contributed by atoms with Gasteiger partial charge in [0.15, 0.2) is 0 Å². The second-order valence-corrected chi connectivity index (χ2v) is 4.78. The molecule has 0 radical (unpaired) electrons. The lowest BCUT2D eigenvalue weighted by atomic mass is 10.1. The Hall–Kier alpha value is -2.61. The quantitative estimate of drug-likeness (QED) is 0.665. The van der Waals surface area contributed by atoms with Crippen molar-refractivity contribution in [3.8, 4) is 11.5 Å². The van der Waals surface area contributed by atoms with Crippen LogP contribution in [0.2, 0.25) is 0 Å².